The van der Waals surface area contributed by atoms with E-state index in [1.807, 2.05) is 7.05 Å². The zero-order valence-electron chi connectivity index (χ0n) is 12.4. The fourth-order valence-electron chi connectivity index (χ4n) is 3.54. The lowest BCUT2D eigenvalue weighted by Crippen LogP contribution is -2.31. The summed E-state index contributed by atoms with van der Waals surface area (Å²) in [6.45, 7) is 5.06. The minimum atomic E-state index is 0.240. The smallest absolute Gasteiger partial charge is 0.226 e. The summed E-state index contributed by atoms with van der Waals surface area (Å²) in [7, 11) is 1.99. The van der Waals surface area contributed by atoms with Crippen molar-refractivity contribution in [3.8, 4) is 0 Å². The van der Waals surface area contributed by atoms with Gasteiger partial charge in [-0.2, -0.15) is 0 Å². The normalized spacial score (nSPS) is 28.7. The lowest BCUT2D eigenvalue weighted by atomic mass is 10.0. The van der Waals surface area contributed by atoms with Crippen molar-refractivity contribution in [3.05, 3.63) is 35.4 Å². The van der Waals surface area contributed by atoms with Gasteiger partial charge in [0.15, 0.2) is 0 Å². The van der Waals surface area contributed by atoms with Crippen molar-refractivity contribution >= 4 is 5.91 Å². The maximum Gasteiger partial charge on any atom is 0.226 e. The second-order valence-corrected chi connectivity index (χ2v) is 6.30. The maximum atomic E-state index is 12.6. The average molecular weight is 272 g/mol. The van der Waals surface area contributed by atoms with E-state index in [9.17, 15) is 4.79 Å². The van der Waals surface area contributed by atoms with E-state index in [2.05, 4.69) is 41.4 Å². The number of hydrogen-bond donors (Lipinski definition) is 1. The van der Waals surface area contributed by atoms with Crippen LogP contribution in [0.3, 0.4) is 0 Å². The largest absolute Gasteiger partial charge is 0.342 e. The van der Waals surface area contributed by atoms with Gasteiger partial charge < -0.3 is 10.2 Å². The van der Waals surface area contributed by atoms with E-state index >= 15 is 0 Å². The lowest BCUT2D eigenvalue weighted by molar-refractivity contribution is -0.131. The highest BCUT2D eigenvalue weighted by molar-refractivity contribution is 5.83. The van der Waals surface area contributed by atoms with Gasteiger partial charge in [0.05, 0.1) is 0 Å². The number of carbonyl (C=O) groups excluding carboxylic acids is 1. The van der Waals surface area contributed by atoms with Gasteiger partial charge in [-0.1, -0.05) is 24.3 Å². The molecular formula is C17H24N2O. The summed E-state index contributed by atoms with van der Waals surface area (Å²) in [6, 6.07) is 8.48. The zero-order chi connectivity index (χ0) is 14.1. The molecule has 20 heavy (non-hydrogen) atoms. The minimum absolute atomic E-state index is 0.240. The second-order valence-electron chi connectivity index (χ2n) is 6.30. The van der Waals surface area contributed by atoms with Crippen molar-refractivity contribution in [3.63, 3.8) is 0 Å². The molecule has 0 radical (unpaired) electrons. The molecule has 1 aliphatic heterocycles. The number of aryl methyl sites for hydroxylation is 1. The summed E-state index contributed by atoms with van der Waals surface area (Å²) < 4.78 is 0. The van der Waals surface area contributed by atoms with Crippen LogP contribution in [0.25, 0.3) is 0 Å². The topological polar surface area (TPSA) is 32.3 Å². The predicted molar refractivity (Wildman–Crippen MR) is 80.6 cm³/mol. The molecule has 1 saturated heterocycles. The fraction of sp³-hybridized carbons (Fsp3) is 0.588. The molecule has 1 aliphatic carbocycles. The Kier molecular flexibility index (Phi) is 3.79. The van der Waals surface area contributed by atoms with Gasteiger partial charge in [0.1, 0.15) is 0 Å². The van der Waals surface area contributed by atoms with E-state index in [0.29, 0.717) is 17.7 Å². The molecule has 3 rings (SSSR count). The van der Waals surface area contributed by atoms with Gasteiger partial charge in [0.25, 0.3) is 0 Å². The minimum Gasteiger partial charge on any atom is -0.342 e. The number of nitrogens with zero attached hydrogens (tertiary/aromatic N) is 1. The fourth-order valence-corrected chi connectivity index (χ4v) is 3.54. The van der Waals surface area contributed by atoms with Crippen LogP contribution in [0.4, 0.5) is 0 Å². The van der Waals surface area contributed by atoms with E-state index < -0.39 is 0 Å². The first-order chi connectivity index (χ1) is 9.70. The maximum absolute atomic E-state index is 12.6. The van der Waals surface area contributed by atoms with E-state index in [1.54, 1.807) is 0 Å². The predicted octanol–water partition coefficient (Wildman–Crippen LogP) is 2.17. The first kappa shape index (κ1) is 13.6. The van der Waals surface area contributed by atoms with Crippen molar-refractivity contribution in [2.75, 3.05) is 26.7 Å². The monoisotopic (exact) mass is 272 g/mol. The molecular weight excluding hydrogens is 248 g/mol. The van der Waals surface area contributed by atoms with Crippen molar-refractivity contribution < 1.29 is 4.79 Å². The first-order valence-corrected chi connectivity index (χ1v) is 7.69. The molecule has 3 atom stereocenters. The van der Waals surface area contributed by atoms with Crippen LogP contribution in [-0.2, 0) is 4.79 Å². The lowest BCUT2D eigenvalue weighted by Gasteiger charge is -2.17. The van der Waals surface area contributed by atoms with Crippen LogP contribution >= 0.6 is 0 Å². The third-order valence-corrected chi connectivity index (χ3v) is 4.79. The molecule has 1 aromatic carbocycles. The Hall–Kier alpha value is -1.35. The summed E-state index contributed by atoms with van der Waals surface area (Å²) in [5, 5.41) is 3.22. The highest BCUT2D eigenvalue weighted by Crippen LogP contribution is 2.49. The Morgan fingerprint density at radius 3 is 2.95 bits per heavy atom. The Labute approximate surface area is 121 Å². The van der Waals surface area contributed by atoms with Crippen LogP contribution in [0.1, 0.15) is 29.9 Å². The van der Waals surface area contributed by atoms with Crippen molar-refractivity contribution in [2.45, 2.75) is 25.7 Å². The molecule has 1 aromatic rings. The van der Waals surface area contributed by atoms with Crippen LogP contribution in [0.15, 0.2) is 24.3 Å². The van der Waals surface area contributed by atoms with Crippen LogP contribution in [-0.4, -0.2) is 37.5 Å². The molecule has 3 heteroatoms. The van der Waals surface area contributed by atoms with Crippen LogP contribution in [0, 0.1) is 18.8 Å². The molecule has 1 heterocycles. The molecule has 1 amide bonds. The average Bonchev–Trinajstić information content (AvgIpc) is 3.10. The van der Waals surface area contributed by atoms with Gasteiger partial charge in [-0.25, -0.2) is 0 Å². The molecule has 108 valence electrons. The van der Waals surface area contributed by atoms with E-state index in [-0.39, 0.29) is 5.92 Å². The number of nitrogens with one attached hydrogen (secondary N) is 1. The summed E-state index contributed by atoms with van der Waals surface area (Å²) in [5.41, 5.74) is 2.69. The van der Waals surface area contributed by atoms with Crippen LogP contribution in [0.2, 0.25) is 0 Å². The third kappa shape index (κ3) is 2.59. The number of carbonyl (C=O) groups is 1. The van der Waals surface area contributed by atoms with Gasteiger partial charge in [0, 0.05) is 19.0 Å². The molecule has 0 aromatic heterocycles. The van der Waals surface area contributed by atoms with Crippen LogP contribution in [0.5, 0.6) is 0 Å². The highest BCUT2D eigenvalue weighted by atomic mass is 16.2. The molecule has 0 unspecified atom stereocenters. The highest BCUT2D eigenvalue weighted by Gasteiger charge is 2.47. The number of likely N-dealkylation sites (tertiary alicyclic amines) is 1. The Morgan fingerprint density at radius 2 is 2.20 bits per heavy atom. The summed E-state index contributed by atoms with van der Waals surface area (Å²) in [5.74, 6) is 1.73. The van der Waals surface area contributed by atoms with E-state index in [0.717, 1.165) is 32.5 Å². The second kappa shape index (κ2) is 5.57. The standard InChI is InChI=1S/C17H24N2O/c1-12-5-3-4-6-14(12)15-9-16(15)17(20)19-8-7-13(11-19)10-18-2/h3-6,13,15-16,18H,7-11H2,1-2H3/t13-,15-,16+/m0/s1. The summed E-state index contributed by atoms with van der Waals surface area (Å²) in [4.78, 5) is 14.6. The Morgan fingerprint density at radius 1 is 1.40 bits per heavy atom. The van der Waals surface area contributed by atoms with E-state index in [4.69, 9.17) is 0 Å². The summed E-state index contributed by atoms with van der Waals surface area (Å²) >= 11 is 0. The Bertz CT molecular complexity index is 500. The van der Waals surface area contributed by atoms with Crippen molar-refractivity contribution in [1.82, 2.24) is 10.2 Å². The molecule has 0 bridgehead atoms. The van der Waals surface area contributed by atoms with Crippen molar-refractivity contribution in [2.24, 2.45) is 11.8 Å². The third-order valence-electron chi connectivity index (χ3n) is 4.79. The SMILES string of the molecule is CNC[C@@H]1CCN(C(=O)[C@@H]2C[C@H]2c2ccccc2C)C1. The molecule has 1 N–H and O–H groups in total. The van der Waals surface area contributed by atoms with Crippen LogP contribution < -0.4 is 5.32 Å². The molecule has 0 spiro atoms. The van der Waals surface area contributed by atoms with Gasteiger partial charge in [0.2, 0.25) is 5.91 Å². The van der Waals surface area contributed by atoms with Gasteiger partial charge >= 0.3 is 0 Å². The number of rotatable bonds is 4. The molecule has 3 nitrogen and oxygen atoms in total. The molecule has 2 fully saturated rings. The quantitative estimate of drug-likeness (QED) is 0.911. The van der Waals surface area contributed by atoms with Gasteiger partial charge in [-0.05, 0) is 56.3 Å². The first-order valence-electron chi connectivity index (χ1n) is 7.69. The van der Waals surface area contributed by atoms with Gasteiger partial charge in [-0.3, -0.25) is 4.79 Å². The molecule has 2 aliphatic rings. The van der Waals surface area contributed by atoms with Gasteiger partial charge in [-0.15, -0.1) is 0 Å². The molecule has 1 saturated carbocycles. The zero-order valence-corrected chi connectivity index (χ0v) is 12.4. The van der Waals surface area contributed by atoms with Crippen molar-refractivity contribution in [1.29, 1.82) is 0 Å². The summed E-state index contributed by atoms with van der Waals surface area (Å²) in [6.07, 6.45) is 2.19. The Balaban J connectivity index is 1.60. The number of amides is 1. The number of benzene rings is 1. The number of hydrogen-bond acceptors (Lipinski definition) is 2. The van der Waals surface area contributed by atoms with E-state index in [1.165, 1.54) is 11.1 Å².